The van der Waals surface area contributed by atoms with Crippen molar-refractivity contribution >= 4 is 11.9 Å². The molecule has 140 valence electrons. The molecule has 1 aromatic heterocycles. The number of carbonyl (C=O) groups excluding carboxylic acids is 1. The van der Waals surface area contributed by atoms with E-state index >= 15 is 0 Å². The van der Waals surface area contributed by atoms with E-state index in [1.165, 1.54) is 19.2 Å². The van der Waals surface area contributed by atoms with Gasteiger partial charge in [0.2, 0.25) is 0 Å². The molecule has 26 heavy (non-hydrogen) atoms. The maximum absolute atomic E-state index is 13.6. The number of rotatable bonds is 6. The van der Waals surface area contributed by atoms with Gasteiger partial charge >= 0.3 is 12.1 Å². The molecule has 0 fully saturated rings. The van der Waals surface area contributed by atoms with E-state index in [2.05, 4.69) is 5.10 Å². The standard InChI is InChI=1S/C17H18F3N3O3/c1-11-5-3-6-12(9-11)23-15(17(18,19)20)13(10-21-23)16(26)22(2)8-4-7-14(24)25/h3,5-6,9-10H,4,7-8H2,1-2H3,(H,24,25). The van der Waals surface area contributed by atoms with Crippen LogP contribution in [-0.4, -0.2) is 45.3 Å². The second kappa shape index (κ2) is 7.59. The largest absolute Gasteiger partial charge is 0.481 e. The monoisotopic (exact) mass is 369 g/mol. The van der Waals surface area contributed by atoms with Gasteiger partial charge in [0.15, 0.2) is 5.69 Å². The predicted octanol–water partition coefficient (Wildman–Crippen LogP) is 3.14. The van der Waals surface area contributed by atoms with Crippen LogP contribution >= 0.6 is 0 Å². The maximum atomic E-state index is 13.6. The molecule has 9 heteroatoms. The van der Waals surface area contributed by atoms with E-state index in [0.29, 0.717) is 4.68 Å². The Morgan fingerprint density at radius 1 is 1.31 bits per heavy atom. The molecule has 0 aliphatic rings. The first-order chi connectivity index (χ1) is 12.1. The number of carboxylic acid groups (broad SMARTS) is 1. The third-order valence-electron chi connectivity index (χ3n) is 3.75. The average Bonchev–Trinajstić information content (AvgIpc) is 2.99. The minimum atomic E-state index is -4.78. The van der Waals surface area contributed by atoms with E-state index in [9.17, 15) is 22.8 Å². The number of nitrogens with zero attached hydrogens (tertiary/aromatic N) is 3. The van der Waals surface area contributed by atoms with Gasteiger partial charge in [-0.15, -0.1) is 0 Å². The van der Waals surface area contributed by atoms with Gasteiger partial charge in [0.05, 0.1) is 17.4 Å². The molecule has 1 N–H and O–H groups in total. The molecule has 0 spiro atoms. The van der Waals surface area contributed by atoms with Crippen molar-refractivity contribution in [2.75, 3.05) is 13.6 Å². The van der Waals surface area contributed by atoms with Gasteiger partial charge < -0.3 is 10.0 Å². The van der Waals surface area contributed by atoms with Crippen LogP contribution in [0.3, 0.4) is 0 Å². The van der Waals surface area contributed by atoms with E-state index in [0.717, 1.165) is 16.7 Å². The van der Waals surface area contributed by atoms with Gasteiger partial charge in [-0.25, -0.2) is 4.68 Å². The molecular weight excluding hydrogens is 351 g/mol. The molecule has 2 aromatic rings. The Kier molecular flexibility index (Phi) is 5.69. The van der Waals surface area contributed by atoms with Crippen molar-refractivity contribution in [3.8, 4) is 5.69 Å². The summed E-state index contributed by atoms with van der Waals surface area (Å²) in [5.74, 6) is -1.89. The highest BCUT2D eigenvalue weighted by atomic mass is 19.4. The minimum absolute atomic E-state index is 0.0258. The third kappa shape index (κ3) is 4.41. The molecule has 0 aliphatic heterocycles. The van der Waals surface area contributed by atoms with Crippen molar-refractivity contribution < 1.29 is 27.9 Å². The predicted molar refractivity (Wildman–Crippen MR) is 87.1 cm³/mol. The number of halogens is 3. The van der Waals surface area contributed by atoms with Crippen molar-refractivity contribution in [2.45, 2.75) is 25.9 Å². The van der Waals surface area contributed by atoms with Crippen LogP contribution in [0.25, 0.3) is 5.69 Å². The van der Waals surface area contributed by atoms with Gasteiger partial charge in [0, 0.05) is 20.0 Å². The summed E-state index contributed by atoms with van der Waals surface area (Å²) in [6.07, 6.45) is -3.93. The summed E-state index contributed by atoms with van der Waals surface area (Å²) in [7, 11) is 1.33. The SMILES string of the molecule is Cc1cccc(-n2ncc(C(=O)N(C)CCCC(=O)O)c2C(F)(F)F)c1. The first-order valence-corrected chi connectivity index (χ1v) is 7.80. The van der Waals surface area contributed by atoms with Crippen molar-refractivity contribution in [3.63, 3.8) is 0 Å². The second-order valence-electron chi connectivity index (χ2n) is 5.88. The zero-order valence-corrected chi connectivity index (χ0v) is 14.2. The fourth-order valence-corrected chi connectivity index (χ4v) is 2.51. The summed E-state index contributed by atoms with van der Waals surface area (Å²) in [4.78, 5) is 24.0. The Labute approximate surface area is 147 Å². The van der Waals surface area contributed by atoms with Gasteiger partial charge in [-0.05, 0) is 31.0 Å². The van der Waals surface area contributed by atoms with Gasteiger partial charge in [0.25, 0.3) is 5.91 Å². The van der Waals surface area contributed by atoms with Crippen LogP contribution in [0.1, 0.15) is 34.5 Å². The molecule has 0 unspecified atom stereocenters. The minimum Gasteiger partial charge on any atom is -0.481 e. The smallest absolute Gasteiger partial charge is 0.434 e. The first kappa shape index (κ1) is 19.5. The van der Waals surface area contributed by atoms with Crippen LogP contribution in [0.4, 0.5) is 13.2 Å². The number of hydrogen-bond acceptors (Lipinski definition) is 3. The zero-order chi connectivity index (χ0) is 19.5. The molecule has 0 atom stereocenters. The lowest BCUT2D eigenvalue weighted by atomic mass is 10.2. The van der Waals surface area contributed by atoms with Gasteiger partial charge in [-0.3, -0.25) is 9.59 Å². The number of aromatic nitrogens is 2. The van der Waals surface area contributed by atoms with Crippen LogP contribution < -0.4 is 0 Å². The summed E-state index contributed by atoms with van der Waals surface area (Å²) in [5, 5.41) is 12.4. The Bertz CT molecular complexity index is 815. The lowest BCUT2D eigenvalue weighted by molar-refractivity contribution is -0.143. The Morgan fingerprint density at radius 2 is 2.00 bits per heavy atom. The van der Waals surface area contributed by atoms with Crippen molar-refractivity contribution in [2.24, 2.45) is 0 Å². The molecule has 0 saturated heterocycles. The topological polar surface area (TPSA) is 75.4 Å². The number of amides is 1. The highest BCUT2D eigenvalue weighted by molar-refractivity contribution is 5.95. The number of aryl methyl sites for hydroxylation is 1. The number of benzene rings is 1. The molecule has 0 bridgehead atoms. The summed E-state index contributed by atoms with van der Waals surface area (Å²) >= 11 is 0. The molecule has 2 rings (SSSR count). The lowest BCUT2D eigenvalue weighted by Gasteiger charge is -2.18. The highest BCUT2D eigenvalue weighted by Gasteiger charge is 2.41. The molecular formula is C17H18F3N3O3. The van der Waals surface area contributed by atoms with E-state index in [-0.39, 0.29) is 25.1 Å². The molecule has 1 aromatic carbocycles. The van der Waals surface area contributed by atoms with E-state index < -0.39 is 29.3 Å². The Morgan fingerprint density at radius 3 is 2.58 bits per heavy atom. The molecule has 1 heterocycles. The fraction of sp³-hybridized carbons (Fsp3) is 0.353. The van der Waals surface area contributed by atoms with E-state index in [1.54, 1.807) is 19.1 Å². The number of aliphatic carboxylic acids is 1. The van der Waals surface area contributed by atoms with E-state index in [1.807, 2.05) is 0 Å². The van der Waals surface area contributed by atoms with Gasteiger partial charge in [-0.2, -0.15) is 18.3 Å². The molecule has 0 saturated carbocycles. The number of carbonyl (C=O) groups is 2. The van der Waals surface area contributed by atoms with Crippen LogP contribution in [-0.2, 0) is 11.0 Å². The average molecular weight is 369 g/mol. The maximum Gasteiger partial charge on any atom is 0.434 e. The van der Waals surface area contributed by atoms with Crippen LogP contribution in [0, 0.1) is 6.92 Å². The first-order valence-electron chi connectivity index (χ1n) is 7.80. The quantitative estimate of drug-likeness (QED) is 0.849. The van der Waals surface area contributed by atoms with Crippen molar-refractivity contribution in [1.82, 2.24) is 14.7 Å². The van der Waals surface area contributed by atoms with Crippen molar-refractivity contribution in [1.29, 1.82) is 0 Å². The van der Waals surface area contributed by atoms with Crippen molar-refractivity contribution in [3.05, 3.63) is 47.3 Å². The van der Waals surface area contributed by atoms with Gasteiger partial charge in [0.1, 0.15) is 0 Å². The molecule has 0 radical (unpaired) electrons. The van der Waals surface area contributed by atoms with Crippen LogP contribution in [0.15, 0.2) is 30.5 Å². The number of alkyl halides is 3. The Balaban J connectivity index is 2.37. The lowest BCUT2D eigenvalue weighted by Crippen LogP contribution is -2.30. The van der Waals surface area contributed by atoms with Crippen LogP contribution in [0.5, 0.6) is 0 Å². The number of carboxylic acids is 1. The fourth-order valence-electron chi connectivity index (χ4n) is 2.51. The van der Waals surface area contributed by atoms with Gasteiger partial charge in [-0.1, -0.05) is 12.1 Å². The third-order valence-corrected chi connectivity index (χ3v) is 3.75. The summed E-state index contributed by atoms with van der Waals surface area (Å²) in [6, 6.07) is 6.35. The summed E-state index contributed by atoms with van der Waals surface area (Å²) < 4.78 is 41.5. The normalized spacial score (nSPS) is 11.4. The molecule has 1 amide bonds. The number of hydrogen-bond donors (Lipinski definition) is 1. The molecule has 0 aliphatic carbocycles. The van der Waals surface area contributed by atoms with Crippen LogP contribution in [0.2, 0.25) is 0 Å². The highest BCUT2D eigenvalue weighted by Crippen LogP contribution is 2.34. The zero-order valence-electron chi connectivity index (χ0n) is 14.2. The summed E-state index contributed by atoms with van der Waals surface area (Å²) in [5.41, 5.74) is -0.773. The summed E-state index contributed by atoms with van der Waals surface area (Å²) in [6.45, 7) is 1.76. The van der Waals surface area contributed by atoms with E-state index in [4.69, 9.17) is 5.11 Å². The second-order valence-corrected chi connectivity index (χ2v) is 5.88. The molecule has 6 nitrogen and oxygen atoms in total. The Hall–Kier alpha value is -2.84.